The van der Waals surface area contributed by atoms with E-state index in [0.717, 1.165) is 43.3 Å². The van der Waals surface area contributed by atoms with Gasteiger partial charge in [-0.25, -0.2) is 4.90 Å². The summed E-state index contributed by atoms with van der Waals surface area (Å²) in [6.07, 6.45) is 0.269. The molecule has 2 fully saturated rings. The Kier molecular flexibility index (Phi) is 5.85. The number of carbonyl (C=O) groups is 2. The molecule has 2 N–H and O–H groups in total. The van der Waals surface area contributed by atoms with Gasteiger partial charge in [-0.05, 0) is 18.2 Å². The zero-order valence-electron chi connectivity index (χ0n) is 16.5. The molecule has 2 aliphatic heterocycles. The Hall–Kier alpha value is -2.41. The molecule has 4 rings (SSSR count). The van der Waals surface area contributed by atoms with Crippen molar-refractivity contribution in [3.63, 3.8) is 0 Å². The van der Waals surface area contributed by atoms with E-state index in [0.29, 0.717) is 11.4 Å². The molecule has 1 atom stereocenters. The Morgan fingerprint density at radius 3 is 2.55 bits per heavy atom. The van der Waals surface area contributed by atoms with E-state index in [9.17, 15) is 9.59 Å². The molecule has 2 aromatic carbocycles. The molecule has 2 aromatic rings. The molecule has 0 aliphatic carbocycles. The molecule has 7 heteroatoms. The van der Waals surface area contributed by atoms with Crippen LogP contribution in [0.5, 0.6) is 5.75 Å². The van der Waals surface area contributed by atoms with Gasteiger partial charge in [0.15, 0.2) is 6.04 Å². The summed E-state index contributed by atoms with van der Waals surface area (Å²) in [5, 5.41) is 0.806. The molecule has 2 saturated heterocycles. The first-order valence-electron chi connectivity index (χ1n) is 9.99. The van der Waals surface area contributed by atoms with Gasteiger partial charge in [-0.15, -0.1) is 0 Å². The Morgan fingerprint density at radius 1 is 1.07 bits per heavy atom. The van der Waals surface area contributed by atoms with Gasteiger partial charge in [0.05, 0.1) is 19.2 Å². The summed E-state index contributed by atoms with van der Waals surface area (Å²) in [5.74, 6) is 0.398. The normalized spacial score (nSPS) is 24.8. The lowest BCUT2D eigenvalue weighted by Gasteiger charge is -2.32. The van der Waals surface area contributed by atoms with Crippen LogP contribution in [0, 0.1) is 0 Å². The van der Waals surface area contributed by atoms with E-state index in [1.54, 1.807) is 31.4 Å². The third-order valence-electron chi connectivity index (χ3n) is 5.95. The highest BCUT2D eigenvalue weighted by Gasteiger charge is 2.47. The van der Waals surface area contributed by atoms with Crippen molar-refractivity contribution < 1.29 is 24.1 Å². The number of nitrogens with zero attached hydrogens (tertiary/aromatic N) is 1. The Labute approximate surface area is 175 Å². The highest BCUT2D eigenvalue weighted by atomic mass is 35.5. The molecular formula is C22H26ClN3O3+2. The maximum atomic E-state index is 13.1. The second-order valence-electron chi connectivity index (χ2n) is 7.70. The molecule has 2 heterocycles. The number of hydrogen-bond acceptors (Lipinski definition) is 3. The van der Waals surface area contributed by atoms with Crippen LogP contribution in [0.1, 0.15) is 12.0 Å². The molecule has 0 aromatic heterocycles. The number of anilines is 1. The molecule has 0 radical (unpaired) electrons. The van der Waals surface area contributed by atoms with Gasteiger partial charge in [-0.3, -0.25) is 9.59 Å². The molecule has 6 nitrogen and oxygen atoms in total. The van der Waals surface area contributed by atoms with Crippen LogP contribution in [0.15, 0.2) is 48.5 Å². The van der Waals surface area contributed by atoms with Crippen LogP contribution >= 0.6 is 11.6 Å². The van der Waals surface area contributed by atoms with Crippen molar-refractivity contribution in [2.45, 2.75) is 19.0 Å². The number of piperazine rings is 1. The summed E-state index contributed by atoms with van der Waals surface area (Å²) >= 11 is 6.29. The number of halogens is 1. The van der Waals surface area contributed by atoms with Gasteiger partial charge in [0, 0.05) is 16.7 Å². The lowest BCUT2D eigenvalue weighted by Crippen LogP contribution is -3.29. The van der Waals surface area contributed by atoms with E-state index in [2.05, 4.69) is 6.07 Å². The minimum Gasteiger partial charge on any atom is -0.497 e. The van der Waals surface area contributed by atoms with E-state index >= 15 is 0 Å². The van der Waals surface area contributed by atoms with Crippen molar-refractivity contribution in [1.29, 1.82) is 0 Å². The molecule has 2 amide bonds. The van der Waals surface area contributed by atoms with Crippen LogP contribution in [0.25, 0.3) is 0 Å². The fourth-order valence-corrected chi connectivity index (χ4v) is 4.54. The number of quaternary nitrogens is 2. The van der Waals surface area contributed by atoms with Gasteiger partial charge in [0.1, 0.15) is 38.5 Å². The monoisotopic (exact) mass is 415 g/mol. The maximum absolute atomic E-state index is 13.1. The number of nitrogens with one attached hydrogen (secondary N) is 2. The van der Waals surface area contributed by atoms with Crippen molar-refractivity contribution in [1.82, 2.24) is 0 Å². The van der Waals surface area contributed by atoms with Gasteiger partial charge in [-0.2, -0.15) is 0 Å². The third kappa shape index (κ3) is 4.15. The van der Waals surface area contributed by atoms with E-state index < -0.39 is 0 Å². The number of rotatable bonds is 5. The number of hydrogen-bond donors (Lipinski definition) is 2. The molecule has 29 heavy (non-hydrogen) atoms. The third-order valence-corrected chi connectivity index (χ3v) is 6.32. The first-order valence-corrected chi connectivity index (χ1v) is 10.4. The molecule has 0 bridgehead atoms. The van der Waals surface area contributed by atoms with Crippen molar-refractivity contribution in [3.8, 4) is 5.75 Å². The van der Waals surface area contributed by atoms with Crippen molar-refractivity contribution >= 4 is 29.1 Å². The van der Waals surface area contributed by atoms with E-state index in [1.165, 1.54) is 14.7 Å². The van der Waals surface area contributed by atoms with Crippen LogP contribution in [0.2, 0.25) is 5.02 Å². The predicted molar refractivity (Wildman–Crippen MR) is 110 cm³/mol. The summed E-state index contributed by atoms with van der Waals surface area (Å²) in [7, 11) is 1.57. The van der Waals surface area contributed by atoms with Gasteiger partial charge in [0.2, 0.25) is 5.91 Å². The van der Waals surface area contributed by atoms with Crippen LogP contribution in [-0.2, 0) is 16.1 Å². The van der Waals surface area contributed by atoms with Crippen molar-refractivity contribution in [2.24, 2.45) is 0 Å². The van der Waals surface area contributed by atoms with Gasteiger partial charge >= 0.3 is 0 Å². The summed E-state index contributed by atoms with van der Waals surface area (Å²) in [6.45, 7) is 4.54. The second kappa shape index (κ2) is 8.53. The SMILES string of the molecule is COc1cccc(N2C(=O)C[C@H]([NH+]3CC[NH+](Cc4ccccc4Cl)CC3)C2=O)c1. The number of ether oxygens (including phenoxy) is 1. The Bertz CT molecular complexity index is 912. The molecule has 2 aliphatic rings. The van der Waals surface area contributed by atoms with E-state index in [4.69, 9.17) is 16.3 Å². The molecule has 0 saturated carbocycles. The summed E-state index contributed by atoms with van der Waals surface area (Å²) < 4.78 is 5.23. The first kappa shape index (κ1) is 19.9. The minimum atomic E-state index is -0.296. The fraction of sp³-hybridized carbons (Fsp3) is 0.364. The highest BCUT2D eigenvalue weighted by molar-refractivity contribution is 6.31. The lowest BCUT2D eigenvalue weighted by molar-refractivity contribution is -1.02. The van der Waals surface area contributed by atoms with Crippen LogP contribution in [-0.4, -0.2) is 51.1 Å². The zero-order chi connectivity index (χ0) is 20.4. The first-order chi connectivity index (χ1) is 14.1. The number of amides is 2. The Morgan fingerprint density at radius 2 is 1.83 bits per heavy atom. The topological polar surface area (TPSA) is 55.5 Å². The molecule has 0 spiro atoms. The second-order valence-corrected chi connectivity index (χ2v) is 8.11. The standard InChI is InChI=1S/C22H24ClN3O3/c1-29-18-7-4-6-17(13-18)26-21(27)14-20(22(26)28)25-11-9-24(10-12-25)15-16-5-2-3-8-19(16)23/h2-8,13,20H,9-12,14-15H2,1H3/p+2/t20-/m0/s1. The predicted octanol–water partition coefficient (Wildman–Crippen LogP) is -0.0359. The number of benzene rings is 2. The number of carbonyl (C=O) groups excluding carboxylic acids is 2. The van der Waals surface area contributed by atoms with Gasteiger partial charge in [0.25, 0.3) is 5.91 Å². The van der Waals surface area contributed by atoms with Crippen molar-refractivity contribution in [2.75, 3.05) is 38.2 Å². The largest absolute Gasteiger partial charge is 0.497 e. The van der Waals surface area contributed by atoms with E-state index in [1.807, 2.05) is 18.2 Å². The van der Waals surface area contributed by atoms with Crippen LogP contribution in [0.3, 0.4) is 0 Å². The number of imide groups is 1. The Balaban J connectivity index is 1.39. The summed E-state index contributed by atoms with van der Waals surface area (Å²) in [5.41, 5.74) is 1.74. The van der Waals surface area contributed by atoms with Crippen LogP contribution in [0.4, 0.5) is 5.69 Å². The summed E-state index contributed by atoms with van der Waals surface area (Å²) in [4.78, 5) is 29.7. The molecular weight excluding hydrogens is 390 g/mol. The zero-order valence-corrected chi connectivity index (χ0v) is 17.2. The van der Waals surface area contributed by atoms with Gasteiger partial charge < -0.3 is 14.5 Å². The average Bonchev–Trinajstić information content (AvgIpc) is 3.04. The average molecular weight is 416 g/mol. The fourth-order valence-electron chi connectivity index (χ4n) is 4.33. The molecule has 152 valence electrons. The van der Waals surface area contributed by atoms with E-state index in [-0.39, 0.29) is 24.3 Å². The number of methoxy groups -OCH3 is 1. The summed E-state index contributed by atoms with van der Waals surface area (Å²) in [6, 6.07) is 14.8. The van der Waals surface area contributed by atoms with Crippen molar-refractivity contribution in [3.05, 3.63) is 59.1 Å². The molecule has 0 unspecified atom stereocenters. The quantitative estimate of drug-likeness (QED) is 0.674. The maximum Gasteiger partial charge on any atom is 0.292 e. The van der Waals surface area contributed by atoms with Crippen LogP contribution < -0.4 is 19.4 Å². The van der Waals surface area contributed by atoms with Gasteiger partial charge in [-0.1, -0.05) is 35.9 Å². The lowest BCUT2D eigenvalue weighted by atomic mass is 10.1. The minimum absolute atomic E-state index is 0.104. The highest BCUT2D eigenvalue weighted by Crippen LogP contribution is 2.25. The smallest absolute Gasteiger partial charge is 0.292 e.